The van der Waals surface area contributed by atoms with Crippen LogP contribution in [0.3, 0.4) is 0 Å². The molecule has 112 valence electrons. The molecule has 1 saturated carbocycles. The number of morpholine rings is 1. The summed E-state index contributed by atoms with van der Waals surface area (Å²) in [5.41, 5.74) is 1.71. The van der Waals surface area contributed by atoms with Gasteiger partial charge in [0.05, 0.1) is 13.2 Å². The largest absolute Gasteiger partial charge is 0.460 e. The molecule has 1 heterocycles. The van der Waals surface area contributed by atoms with Gasteiger partial charge in [-0.05, 0) is 42.7 Å². The lowest BCUT2D eigenvalue weighted by Crippen LogP contribution is -2.50. The van der Waals surface area contributed by atoms with Crippen LogP contribution in [0, 0.1) is 17.3 Å². The summed E-state index contributed by atoms with van der Waals surface area (Å²) in [6, 6.07) is -0.241. The molecule has 0 amide bonds. The molecule has 4 heteroatoms. The van der Waals surface area contributed by atoms with E-state index < -0.39 is 0 Å². The van der Waals surface area contributed by atoms with Crippen molar-refractivity contribution < 1.29 is 14.3 Å². The van der Waals surface area contributed by atoms with Crippen LogP contribution >= 0.6 is 0 Å². The Morgan fingerprint density at radius 1 is 1.55 bits per heavy atom. The first kappa shape index (κ1) is 14.1. The number of likely N-dealkylation sites (N-methyl/N-ethyl adjacent to an activating group) is 1. The van der Waals surface area contributed by atoms with Crippen molar-refractivity contribution in [2.24, 2.45) is 17.3 Å². The zero-order valence-corrected chi connectivity index (χ0v) is 12.7. The topological polar surface area (TPSA) is 38.8 Å². The van der Waals surface area contributed by atoms with E-state index in [4.69, 9.17) is 9.47 Å². The second-order valence-corrected chi connectivity index (χ2v) is 7.00. The standard InChI is InChI=1S/C16H25NO3/c1-16(2)12-5-4-11(13(16)8-12)9-20-15(18)14-10-19-7-6-17(14)3/h4,12-14H,5-10H2,1-3H3/t12-,13-,14+/m0/s1. The molecule has 4 nitrogen and oxygen atoms in total. The second-order valence-electron chi connectivity index (χ2n) is 7.00. The monoisotopic (exact) mass is 279 g/mol. The molecule has 2 fully saturated rings. The van der Waals surface area contributed by atoms with Gasteiger partial charge in [0.2, 0.25) is 0 Å². The molecule has 1 saturated heterocycles. The fourth-order valence-corrected chi connectivity index (χ4v) is 3.83. The molecule has 0 radical (unpaired) electrons. The molecule has 3 aliphatic carbocycles. The van der Waals surface area contributed by atoms with Crippen LogP contribution in [0.25, 0.3) is 0 Å². The number of allylic oxidation sites excluding steroid dienone is 1. The Kier molecular flexibility index (Phi) is 3.63. The van der Waals surface area contributed by atoms with Crippen LogP contribution in [0.5, 0.6) is 0 Å². The molecule has 0 N–H and O–H groups in total. The van der Waals surface area contributed by atoms with E-state index in [0.29, 0.717) is 31.2 Å². The van der Waals surface area contributed by atoms with E-state index in [0.717, 1.165) is 18.9 Å². The number of hydrogen-bond donors (Lipinski definition) is 0. The third kappa shape index (κ3) is 2.29. The summed E-state index contributed by atoms with van der Waals surface area (Å²) < 4.78 is 10.9. The van der Waals surface area contributed by atoms with E-state index in [1.807, 2.05) is 11.9 Å². The second kappa shape index (κ2) is 5.15. The van der Waals surface area contributed by atoms with E-state index in [9.17, 15) is 4.79 Å². The third-order valence-corrected chi connectivity index (χ3v) is 5.63. The van der Waals surface area contributed by atoms with Gasteiger partial charge in [-0.3, -0.25) is 9.69 Å². The van der Waals surface area contributed by atoms with E-state index >= 15 is 0 Å². The number of esters is 1. The van der Waals surface area contributed by atoms with Crippen molar-refractivity contribution in [2.45, 2.75) is 32.7 Å². The lowest BCUT2D eigenvalue weighted by molar-refractivity contribution is -0.155. The first-order chi connectivity index (χ1) is 9.50. The van der Waals surface area contributed by atoms with Crippen LogP contribution < -0.4 is 0 Å². The molecule has 20 heavy (non-hydrogen) atoms. The fourth-order valence-electron chi connectivity index (χ4n) is 3.83. The predicted octanol–water partition coefficient (Wildman–Crippen LogP) is 1.85. The molecule has 3 atom stereocenters. The Balaban J connectivity index is 1.55. The van der Waals surface area contributed by atoms with Crippen molar-refractivity contribution in [1.82, 2.24) is 4.90 Å². The number of hydrogen-bond acceptors (Lipinski definition) is 4. The summed E-state index contributed by atoms with van der Waals surface area (Å²) in [7, 11) is 1.95. The molecule has 0 aromatic carbocycles. The Morgan fingerprint density at radius 2 is 2.35 bits per heavy atom. The summed E-state index contributed by atoms with van der Waals surface area (Å²) in [4.78, 5) is 14.2. The van der Waals surface area contributed by atoms with Crippen LogP contribution in [-0.4, -0.2) is 50.3 Å². The van der Waals surface area contributed by atoms with Crippen molar-refractivity contribution in [3.8, 4) is 0 Å². The minimum atomic E-state index is -0.241. The zero-order valence-electron chi connectivity index (χ0n) is 12.7. The number of rotatable bonds is 3. The highest BCUT2D eigenvalue weighted by atomic mass is 16.5. The number of carbonyl (C=O) groups excluding carboxylic acids is 1. The van der Waals surface area contributed by atoms with Crippen LogP contribution in [0.1, 0.15) is 26.7 Å². The van der Waals surface area contributed by atoms with Crippen molar-refractivity contribution in [3.05, 3.63) is 11.6 Å². The maximum Gasteiger partial charge on any atom is 0.326 e. The quantitative estimate of drug-likeness (QED) is 0.584. The fraction of sp³-hybridized carbons (Fsp3) is 0.812. The van der Waals surface area contributed by atoms with Crippen molar-refractivity contribution in [3.63, 3.8) is 0 Å². The Labute approximate surface area is 121 Å². The SMILES string of the molecule is CN1CCOC[C@@H]1C(=O)OCC1=CC[C@H]2C[C@@H]1C2(C)C. The number of ether oxygens (including phenoxy) is 2. The van der Waals surface area contributed by atoms with Gasteiger partial charge < -0.3 is 9.47 Å². The van der Waals surface area contributed by atoms with Gasteiger partial charge in [-0.15, -0.1) is 0 Å². The van der Waals surface area contributed by atoms with Gasteiger partial charge in [0.15, 0.2) is 0 Å². The van der Waals surface area contributed by atoms with E-state index in [-0.39, 0.29) is 12.0 Å². The minimum absolute atomic E-state index is 0.146. The lowest BCUT2D eigenvalue weighted by Gasteiger charge is -2.56. The highest BCUT2D eigenvalue weighted by Gasteiger charge is 2.51. The average molecular weight is 279 g/mol. The molecule has 1 aliphatic heterocycles. The number of carbonyl (C=O) groups is 1. The van der Waals surface area contributed by atoms with Crippen molar-refractivity contribution >= 4 is 5.97 Å². The van der Waals surface area contributed by atoms with Crippen LogP contribution in [-0.2, 0) is 14.3 Å². The molecular formula is C16H25NO3. The zero-order chi connectivity index (χ0) is 14.3. The molecule has 2 bridgehead atoms. The summed E-state index contributed by atoms with van der Waals surface area (Å²) >= 11 is 0. The normalized spacial score (nSPS) is 36.0. The van der Waals surface area contributed by atoms with Gasteiger partial charge in [0.1, 0.15) is 12.6 Å². The molecule has 0 aromatic heterocycles. The molecule has 4 aliphatic rings. The highest BCUT2D eigenvalue weighted by Crippen LogP contribution is 2.59. The van der Waals surface area contributed by atoms with Crippen LogP contribution in [0.2, 0.25) is 0 Å². The first-order valence-electron chi connectivity index (χ1n) is 7.63. The lowest BCUT2D eigenvalue weighted by atomic mass is 9.49. The van der Waals surface area contributed by atoms with E-state index in [2.05, 4.69) is 19.9 Å². The maximum atomic E-state index is 12.2. The summed E-state index contributed by atoms with van der Waals surface area (Å²) in [6.07, 6.45) is 4.70. The van der Waals surface area contributed by atoms with E-state index in [1.54, 1.807) is 0 Å². The summed E-state index contributed by atoms with van der Waals surface area (Å²) in [5, 5.41) is 0. The summed E-state index contributed by atoms with van der Waals surface area (Å²) in [6.45, 7) is 7.07. The van der Waals surface area contributed by atoms with Gasteiger partial charge in [-0.25, -0.2) is 0 Å². The van der Waals surface area contributed by atoms with Crippen molar-refractivity contribution in [2.75, 3.05) is 33.4 Å². The minimum Gasteiger partial charge on any atom is -0.460 e. The Bertz CT molecular complexity index is 429. The highest BCUT2D eigenvalue weighted by molar-refractivity contribution is 5.76. The molecule has 4 rings (SSSR count). The Morgan fingerprint density at radius 3 is 3.00 bits per heavy atom. The van der Waals surface area contributed by atoms with Crippen LogP contribution in [0.15, 0.2) is 11.6 Å². The molecule has 0 unspecified atom stereocenters. The Hall–Kier alpha value is -0.870. The third-order valence-electron chi connectivity index (χ3n) is 5.63. The van der Waals surface area contributed by atoms with Gasteiger partial charge in [0.25, 0.3) is 0 Å². The van der Waals surface area contributed by atoms with Crippen molar-refractivity contribution in [1.29, 1.82) is 0 Å². The predicted molar refractivity (Wildman–Crippen MR) is 76.3 cm³/mol. The van der Waals surface area contributed by atoms with Gasteiger partial charge >= 0.3 is 5.97 Å². The molecule has 0 spiro atoms. The molecular weight excluding hydrogens is 254 g/mol. The summed E-state index contributed by atoms with van der Waals surface area (Å²) in [5.74, 6) is 1.28. The van der Waals surface area contributed by atoms with Crippen LogP contribution in [0.4, 0.5) is 0 Å². The number of nitrogens with zero attached hydrogens (tertiary/aromatic N) is 1. The molecule has 0 aromatic rings. The smallest absolute Gasteiger partial charge is 0.326 e. The van der Waals surface area contributed by atoms with E-state index in [1.165, 1.54) is 12.0 Å². The number of fused-ring (bicyclic) bond motifs is 1. The average Bonchev–Trinajstić information content (AvgIpc) is 2.45. The first-order valence-corrected chi connectivity index (χ1v) is 7.63. The van der Waals surface area contributed by atoms with Gasteiger partial charge in [-0.1, -0.05) is 19.9 Å². The van der Waals surface area contributed by atoms with Gasteiger partial charge in [0, 0.05) is 6.54 Å². The van der Waals surface area contributed by atoms with Gasteiger partial charge in [-0.2, -0.15) is 0 Å². The maximum absolute atomic E-state index is 12.2.